The number of nitrogens with zero attached hydrogens (tertiary/aromatic N) is 2. The van der Waals surface area contributed by atoms with Crippen LogP contribution in [0.1, 0.15) is 32.3 Å². The molecule has 0 unspecified atom stereocenters. The molecule has 1 aliphatic rings. The number of likely N-dealkylation sites (tertiary alicyclic amines) is 1. The summed E-state index contributed by atoms with van der Waals surface area (Å²) < 4.78 is 0. The van der Waals surface area contributed by atoms with Gasteiger partial charge in [0.1, 0.15) is 0 Å². The van der Waals surface area contributed by atoms with Crippen molar-refractivity contribution in [1.82, 2.24) is 15.1 Å². The molecule has 1 aromatic rings. The van der Waals surface area contributed by atoms with E-state index >= 15 is 0 Å². The normalized spacial score (nSPS) is 16.2. The van der Waals surface area contributed by atoms with E-state index in [1.807, 2.05) is 23.1 Å². The third-order valence-corrected chi connectivity index (χ3v) is 4.70. The van der Waals surface area contributed by atoms with Gasteiger partial charge in [-0.2, -0.15) is 0 Å². The van der Waals surface area contributed by atoms with Crippen molar-refractivity contribution < 1.29 is 9.59 Å². The summed E-state index contributed by atoms with van der Waals surface area (Å²) in [5.41, 5.74) is 1.15. The zero-order chi connectivity index (χ0) is 17.5. The van der Waals surface area contributed by atoms with Crippen molar-refractivity contribution >= 4 is 11.8 Å². The average molecular weight is 331 g/mol. The van der Waals surface area contributed by atoms with Gasteiger partial charge in [-0.15, -0.1) is 0 Å². The van der Waals surface area contributed by atoms with Crippen molar-refractivity contribution in [3.8, 4) is 0 Å². The Morgan fingerprint density at radius 1 is 1.21 bits per heavy atom. The Morgan fingerprint density at radius 3 is 2.38 bits per heavy atom. The van der Waals surface area contributed by atoms with E-state index in [1.54, 1.807) is 7.05 Å². The lowest BCUT2D eigenvalue weighted by molar-refractivity contribution is -0.135. The van der Waals surface area contributed by atoms with E-state index < -0.39 is 0 Å². The van der Waals surface area contributed by atoms with Gasteiger partial charge in [0, 0.05) is 25.6 Å². The fourth-order valence-electron chi connectivity index (χ4n) is 3.18. The molecule has 2 rings (SSSR count). The van der Waals surface area contributed by atoms with Crippen molar-refractivity contribution in [3.05, 3.63) is 35.9 Å². The summed E-state index contributed by atoms with van der Waals surface area (Å²) in [4.78, 5) is 28.5. The fraction of sp³-hybridized carbons (Fsp3) is 0.579. The molecule has 0 saturated carbocycles. The number of benzene rings is 1. The maximum absolute atomic E-state index is 12.7. The number of amides is 2. The van der Waals surface area contributed by atoms with Crippen LogP contribution in [-0.4, -0.2) is 54.3 Å². The molecule has 1 saturated heterocycles. The van der Waals surface area contributed by atoms with Gasteiger partial charge in [-0.1, -0.05) is 30.3 Å². The standard InChI is InChI=1S/C19H29N3O2/c1-15(2)22(13-16-7-5-4-6-8-16)18(23)14-21-11-9-17(10-12-21)19(24)20-3/h4-8,15,17H,9-14H2,1-3H3,(H,20,24). The van der Waals surface area contributed by atoms with E-state index in [4.69, 9.17) is 0 Å². The van der Waals surface area contributed by atoms with Crippen LogP contribution < -0.4 is 5.32 Å². The highest BCUT2D eigenvalue weighted by atomic mass is 16.2. The monoisotopic (exact) mass is 331 g/mol. The van der Waals surface area contributed by atoms with Crippen LogP contribution in [0.25, 0.3) is 0 Å². The summed E-state index contributed by atoms with van der Waals surface area (Å²) >= 11 is 0. The minimum Gasteiger partial charge on any atom is -0.359 e. The van der Waals surface area contributed by atoms with Crippen LogP contribution in [0.3, 0.4) is 0 Å². The molecule has 0 atom stereocenters. The molecule has 0 bridgehead atoms. The number of hydrogen-bond acceptors (Lipinski definition) is 3. The second-order valence-corrected chi connectivity index (χ2v) is 6.77. The zero-order valence-electron chi connectivity index (χ0n) is 15.0. The van der Waals surface area contributed by atoms with Crippen molar-refractivity contribution in [2.75, 3.05) is 26.7 Å². The zero-order valence-corrected chi connectivity index (χ0v) is 15.0. The van der Waals surface area contributed by atoms with E-state index in [9.17, 15) is 9.59 Å². The van der Waals surface area contributed by atoms with E-state index in [0.29, 0.717) is 13.1 Å². The molecule has 5 nitrogen and oxygen atoms in total. The molecule has 1 fully saturated rings. The molecule has 2 amide bonds. The molecule has 1 aromatic carbocycles. The lowest BCUT2D eigenvalue weighted by Gasteiger charge is -2.33. The maximum atomic E-state index is 12.7. The molecule has 1 heterocycles. The highest BCUT2D eigenvalue weighted by Crippen LogP contribution is 2.18. The van der Waals surface area contributed by atoms with Crippen LogP contribution in [0, 0.1) is 5.92 Å². The molecular formula is C19H29N3O2. The third-order valence-electron chi connectivity index (χ3n) is 4.70. The predicted molar refractivity (Wildman–Crippen MR) is 95.4 cm³/mol. The van der Waals surface area contributed by atoms with Crippen LogP contribution in [0.5, 0.6) is 0 Å². The SMILES string of the molecule is CNC(=O)C1CCN(CC(=O)N(Cc2ccccc2)C(C)C)CC1. The number of piperidine rings is 1. The largest absolute Gasteiger partial charge is 0.359 e. The molecule has 0 spiro atoms. The minimum absolute atomic E-state index is 0.0897. The molecule has 132 valence electrons. The van der Waals surface area contributed by atoms with Crippen LogP contribution >= 0.6 is 0 Å². The van der Waals surface area contributed by atoms with E-state index in [2.05, 4.69) is 36.2 Å². The Hall–Kier alpha value is -1.88. The van der Waals surface area contributed by atoms with Gasteiger partial charge in [0.15, 0.2) is 0 Å². The third kappa shape index (κ3) is 5.06. The highest BCUT2D eigenvalue weighted by Gasteiger charge is 2.27. The van der Waals surface area contributed by atoms with E-state index in [0.717, 1.165) is 31.5 Å². The summed E-state index contributed by atoms with van der Waals surface area (Å²) in [5, 5.41) is 2.72. The quantitative estimate of drug-likeness (QED) is 0.866. The van der Waals surface area contributed by atoms with Crippen molar-refractivity contribution in [3.63, 3.8) is 0 Å². The summed E-state index contributed by atoms with van der Waals surface area (Å²) in [6.07, 6.45) is 1.65. The lowest BCUT2D eigenvalue weighted by atomic mass is 9.96. The number of hydrogen-bond donors (Lipinski definition) is 1. The number of nitrogens with one attached hydrogen (secondary N) is 1. The summed E-state index contributed by atoms with van der Waals surface area (Å²) in [5.74, 6) is 0.368. The van der Waals surface area contributed by atoms with Gasteiger partial charge in [0.05, 0.1) is 6.54 Å². The maximum Gasteiger partial charge on any atom is 0.237 e. The van der Waals surface area contributed by atoms with Gasteiger partial charge >= 0.3 is 0 Å². The summed E-state index contributed by atoms with van der Waals surface area (Å²) in [7, 11) is 1.68. The van der Waals surface area contributed by atoms with Gasteiger partial charge in [0.25, 0.3) is 0 Å². The number of carbonyl (C=O) groups excluding carboxylic acids is 2. The first-order valence-electron chi connectivity index (χ1n) is 8.78. The van der Waals surface area contributed by atoms with Crippen LogP contribution in [-0.2, 0) is 16.1 Å². The average Bonchev–Trinajstić information content (AvgIpc) is 2.60. The minimum atomic E-state index is 0.0897. The lowest BCUT2D eigenvalue weighted by Crippen LogP contribution is -2.46. The first kappa shape index (κ1) is 18.5. The highest BCUT2D eigenvalue weighted by molar-refractivity contribution is 5.79. The molecule has 0 radical (unpaired) electrons. The van der Waals surface area contributed by atoms with Crippen LogP contribution in [0.15, 0.2) is 30.3 Å². The predicted octanol–water partition coefficient (Wildman–Crippen LogP) is 1.88. The second-order valence-electron chi connectivity index (χ2n) is 6.77. The van der Waals surface area contributed by atoms with Crippen molar-refractivity contribution in [2.24, 2.45) is 5.92 Å². The van der Waals surface area contributed by atoms with E-state index in [-0.39, 0.29) is 23.8 Å². The molecule has 1 aliphatic heterocycles. The Bertz CT molecular complexity index is 537. The Kier molecular flexibility index (Phi) is 6.79. The van der Waals surface area contributed by atoms with Crippen LogP contribution in [0.4, 0.5) is 0 Å². The fourth-order valence-corrected chi connectivity index (χ4v) is 3.18. The van der Waals surface area contributed by atoms with Crippen LogP contribution in [0.2, 0.25) is 0 Å². The van der Waals surface area contributed by atoms with E-state index in [1.165, 1.54) is 0 Å². The topological polar surface area (TPSA) is 52.7 Å². The molecule has 24 heavy (non-hydrogen) atoms. The number of rotatable bonds is 6. The second kappa shape index (κ2) is 8.83. The first-order chi connectivity index (χ1) is 11.5. The molecule has 0 aromatic heterocycles. The Morgan fingerprint density at radius 2 is 1.83 bits per heavy atom. The van der Waals surface area contributed by atoms with Crippen molar-refractivity contribution in [2.45, 2.75) is 39.3 Å². The Balaban J connectivity index is 1.88. The summed E-state index contributed by atoms with van der Waals surface area (Å²) in [6.45, 7) is 6.80. The first-order valence-corrected chi connectivity index (χ1v) is 8.78. The molecule has 5 heteroatoms. The smallest absolute Gasteiger partial charge is 0.237 e. The molecular weight excluding hydrogens is 302 g/mol. The van der Waals surface area contributed by atoms with Gasteiger partial charge in [0.2, 0.25) is 11.8 Å². The molecule has 0 aliphatic carbocycles. The molecule has 1 N–H and O–H groups in total. The summed E-state index contributed by atoms with van der Waals surface area (Å²) in [6, 6.07) is 10.3. The van der Waals surface area contributed by atoms with Gasteiger partial charge < -0.3 is 10.2 Å². The Labute approximate surface area is 145 Å². The van der Waals surface area contributed by atoms with Gasteiger partial charge in [-0.05, 0) is 45.3 Å². The van der Waals surface area contributed by atoms with Gasteiger partial charge in [-0.3, -0.25) is 14.5 Å². The number of carbonyl (C=O) groups is 2. The van der Waals surface area contributed by atoms with Crippen molar-refractivity contribution in [1.29, 1.82) is 0 Å². The van der Waals surface area contributed by atoms with Gasteiger partial charge in [-0.25, -0.2) is 0 Å².